The van der Waals surface area contributed by atoms with E-state index in [-0.39, 0.29) is 17.3 Å². The number of fused-ring (bicyclic) bond motifs is 6. The average Bonchev–Trinajstić information content (AvgIpc) is 3.17. The normalized spacial score (nSPS) is 52.6. The van der Waals surface area contributed by atoms with E-state index in [4.69, 9.17) is 9.47 Å². The van der Waals surface area contributed by atoms with Crippen LogP contribution in [0.2, 0.25) is 0 Å². The summed E-state index contributed by atoms with van der Waals surface area (Å²) in [6.07, 6.45) is 14.2. The van der Waals surface area contributed by atoms with Crippen LogP contribution in [-0.4, -0.2) is 24.8 Å². The predicted molar refractivity (Wildman–Crippen MR) is 100 cm³/mol. The molecular formula is C23H32O3. The molecule has 0 amide bonds. The van der Waals surface area contributed by atoms with E-state index in [1.807, 2.05) is 6.08 Å². The quantitative estimate of drug-likeness (QED) is 0.640. The Balaban J connectivity index is 1.47. The molecule has 1 aliphatic heterocycles. The predicted octanol–water partition coefficient (Wildman–Crippen LogP) is 4.67. The van der Waals surface area contributed by atoms with Gasteiger partial charge >= 0.3 is 0 Å². The molecule has 1 heterocycles. The van der Waals surface area contributed by atoms with Gasteiger partial charge in [0, 0.05) is 18.9 Å². The van der Waals surface area contributed by atoms with E-state index >= 15 is 0 Å². The number of methoxy groups -OCH3 is 1. The Morgan fingerprint density at radius 3 is 2.85 bits per heavy atom. The minimum atomic E-state index is -0.175. The lowest BCUT2D eigenvalue weighted by molar-refractivity contribution is -0.193. The number of allylic oxidation sites excluding steroid dienone is 1. The van der Waals surface area contributed by atoms with Crippen molar-refractivity contribution in [1.82, 2.24) is 0 Å². The van der Waals surface area contributed by atoms with Crippen molar-refractivity contribution in [2.24, 2.45) is 35.0 Å². The van der Waals surface area contributed by atoms with E-state index in [9.17, 15) is 4.79 Å². The molecule has 3 heteroatoms. The largest absolute Gasteiger partial charge is 0.352 e. The van der Waals surface area contributed by atoms with Gasteiger partial charge in [-0.05, 0) is 80.3 Å². The van der Waals surface area contributed by atoms with E-state index in [1.165, 1.54) is 24.8 Å². The maximum absolute atomic E-state index is 11.9. The van der Waals surface area contributed by atoms with Crippen molar-refractivity contribution in [1.29, 1.82) is 0 Å². The molecule has 0 aromatic heterocycles. The van der Waals surface area contributed by atoms with Gasteiger partial charge in [0.25, 0.3) is 0 Å². The average molecular weight is 357 g/mol. The van der Waals surface area contributed by atoms with Gasteiger partial charge in [-0.25, -0.2) is 0 Å². The van der Waals surface area contributed by atoms with Crippen molar-refractivity contribution in [3.8, 4) is 0 Å². The maximum atomic E-state index is 11.9. The van der Waals surface area contributed by atoms with Crippen LogP contribution in [0.15, 0.2) is 23.8 Å². The monoisotopic (exact) mass is 356 g/mol. The molecular weight excluding hydrogens is 324 g/mol. The number of carbonyl (C=O) groups excluding carboxylic acids is 1. The Labute approximate surface area is 157 Å². The molecule has 8 atom stereocenters. The number of carbonyl (C=O) groups is 1. The van der Waals surface area contributed by atoms with E-state index in [1.54, 1.807) is 7.11 Å². The van der Waals surface area contributed by atoms with Crippen molar-refractivity contribution >= 4 is 5.78 Å². The number of rotatable bonds is 1. The highest BCUT2D eigenvalue weighted by Crippen LogP contribution is 2.67. The van der Waals surface area contributed by atoms with Crippen LogP contribution in [0.1, 0.15) is 58.8 Å². The minimum Gasteiger partial charge on any atom is -0.352 e. The third-order valence-electron chi connectivity index (χ3n) is 8.91. The molecule has 5 rings (SSSR count). The third kappa shape index (κ3) is 2.16. The second kappa shape index (κ2) is 5.78. The van der Waals surface area contributed by atoms with Gasteiger partial charge in [-0.3, -0.25) is 4.79 Å². The van der Waals surface area contributed by atoms with Gasteiger partial charge in [0.05, 0.1) is 5.60 Å². The first kappa shape index (κ1) is 17.2. The summed E-state index contributed by atoms with van der Waals surface area (Å²) in [6.45, 7) is 4.93. The topological polar surface area (TPSA) is 35.5 Å². The molecule has 4 unspecified atom stereocenters. The van der Waals surface area contributed by atoms with E-state index in [2.05, 4.69) is 26.0 Å². The van der Waals surface area contributed by atoms with Crippen molar-refractivity contribution in [2.75, 3.05) is 7.11 Å². The number of ketones is 1. The zero-order chi connectivity index (χ0) is 18.1. The maximum Gasteiger partial charge on any atom is 0.177 e. The molecule has 0 N–H and O–H groups in total. The molecule has 5 aliphatic rings. The van der Waals surface area contributed by atoms with Crippen molar-refractivity contribution < 1.29 is 14.3 Å². The van der Waals surface area contributed by atoms with E-state index in [0.29, 0.717) is 17.6 Å². The summed E-state index contributed by atoms with van der Waals surface area (Å²) in [7, 11) is 1.74. The molecule has 3 saturated carbocycles. The Morgan fingerprint density at radius 2 is 2.08 bits per heavy atom. The van der Waals surface area contributed by atoms with Crippen molar-refractivity contribution in [3.05, 3.63) is 23.8 Å². The lowest BCUT2D eigenvalue weighted by Gasteiger charge is -2.57. The van der Waals surface area contributed by atoms with Crippen LogP contribution in [0.5, 0.6) is 0 Å². The highest BCUT2D eigenvalue weighted by Gasteiger charge is 2.65. The van der Waals surface area contributed by atoms with Gasteiger partial charge < -0.3 is 9.47 Å². The molecule has 142 valence electrons. The van der Waals surface area contributed by atoms with Gasteiger partial charge in [0.1, 0.15) is 0 Å². The van der Waals surface area contributed by atoms with Crippen LogP contribution in [0, 0.1) is 35.0 Å². The minimum absolute atomic E-state index is 0.123. The summed E-state index contributed by atoms with van der Waals surface area (Å²) in [4.78, 5) is 11.9. The smallest absolute Gasteiger partial charge is 0.177 e. The van der Waals surface area contributed by atoms with Crippen LogP contribution in [0.25, 0.3) is 0 Å². The Morgan fingerprint density at radius 1 is 1.23 bits per heavy atom. The van der Waals surface area contributed by atoms with Gasteiger partial charge in [-0.15, -0.1) is 0 Å². The van der Waals surface area contributed by atoms with E-state index in [0.717, 1.165) is 43.4 Å². The highest BCUT2D eigenvalue weighted by atomic mass is 16.7. The van der Waals surface area contributed by atoms with Gasteiger partial charge in [0.2, 0.25) is 0 Å². The molecule has 4 aliphatic carbocycles. The number of ether oxygens (including phenoxy) is 2. The Kier molecular flexibility index (Phi) is 3.82. The van der Waals surface area contributed by atoms with Crippen molar-refractivity contribution in [2.45, 2.75) is 70.7 Å². The first-order valence-electron chi connectivity index (χ1n) is 10.6. The summed E-state index contributed by atoms with van der Waals surface area (Å²) in [5, 5.41) is 0. The zero-order valence-electron chi connectivity index (χ0n) is 16.4. The van der Waals surface area contributed by atoms with Gasteiger partial charge in [-0.1, -0.05) is 25.5 Å². The first-order valence-corrected chi connectivity index (χ1v) is 10.6. The summed E-state index contributed by atoms with van der Waals surface area (Å²) >= 11 is 0. The second-order valence-electron chi connectivity index (χ2n) is 9.83. The molecule has 1 spiro atoms. The first-order chi connectivity index (χ1) is 12.5. The van der Waals surface area contributed by atoms with Crippen LogP contribution in [0.4, 0.5) is 0 Å². The van der Waals surface area contributed by atoms with Crippen LogP contribution in [0.3, 0.4) is 0 Å². The van der Waals surface area contributed by atoms with E-state index < -0.39 is 0 Å². The summed E-state index contributed by atoms with van der Waals surface area (Å²) in [5.74, 6) is 3.99. The van der Waals surface area contributed by atoms with Crippen molar-refractivity contribution in [3.63, 3.8) is 0 Å². The SMILES string of the molecule is COC1C=C[C@@]2(CCC3C4C(CC[C@@]32C)[C@H]2CCC(=O)C=C2C[C@@H]4C)O1. The second-order valence-corrected chi connectivity index (χ2v) is 9.83. The lowest BCUT2D eigenvalue weighted by Crippen LogP contribution is -2.54. The van der Waals surface area contributed by atoms with Crippen LogP contribution in [-0.2, 0) is 14.3 Å². The third-order valence-corrected chi connectivity index (χ3v) is 8.91. The number of hydrogen-bond acceptors (Lipinski definition) is 3. The molecule has 0 saturated heterocycles. The lowest BCUT2D eigenvalue weighted by atomic mass is 9.48. The summed E-state index contributed by atoms with van der Waals surface area (Å²) < 4.78 is 12.0. The fourth-order valence-corrected chi connectivity index (χ4v) is 7.74. The Hall–Kier alpha value is -0.930. The summed E-state index contributed by atoms with van der Waals surface area (Å²) in [6, 6.07) is 0. The zero-order valence-corrected chi connectivity index (χ0v) is 16.4. The standard InChI is InChI=1S/C23H32O3/c1-14-12-15-13-16(24)4-5-17(15)18-6-9-22(2)19(21(14)18)7-10-23(22)11-8-20(25-3)26-23/h8,11,13-14,17-21H,4-7,9-10,12H2,1-3H3/t14-,17-,18?,19?,20?,21?,22-,23+/m0/s1. The Bertz CT molecular complexity index is 679. The molecule has 0 aromatic rings. The highest BCUT2D eigenvalue weighted by molar-refractivity contribution is 5.91. The molecule has 0 bridgehead atoms. The molecule has 0 radical (unpaired) electrons. The number of hydrogen-bond donors (Lipinski definition) is 0. The van der Waals surface area contributed by atoms with Gasteiger partial charge in [0.15, 0.2) is 12.1 Å². The fourth-order valence-electron chi connectivity index (χ4n) is 7.74. The molecule has 3 fully saturated rings. The van der Waals surface area contributed by atoms with Gasteiger partial charge in [-0.2, -0.15) is 0 Å². The van der Waals surface area contributed by atoms with Crippen LogP contribution < -0.4 is 0 Å². The molecule has 0 aromatic carbocycles. The van der Waals surface area contributed by atoms with Crippen LogP contribution >= 0.6 is 0 Å². The molecule has 3 nitrogen and oxygen atoms in total. The summed E-state index contributed by atoms with van der Waals surface area (Å²) in [5.41, 5.74) is 1.57. The fraction of sp³-hybridized carbons (Fsp3) is 0.783. The molecule has 26 heavy (non-hydrogen) atoms.